The quantitative estimate of drug-likeness (QED) is 0.356. The maximum absolute atomic E-state index is 11.8. The van der Waals surface area contributed by atoms with E-state index in [0.717, 1.165) is 32.0 Å². The maximum atomic E-state index is 11.8. The van der Waals surface area contributed by atoms with Crippen molar-refractivity contribution >= 4 is 35.0 Å². The molecule has 0 aliphatic carbocycles. The molecule has 1 unspecified atom stereocenters. The highest BCUT2D eigenvalue weighted by molar-refractivity contribution is 8.01. The monoisotopic (exact) mass is 409 g/mol. The Morgan fingerprint density at radius 2 is 2.00 bits per heavy atom. The van der Waals surface area contributed by atoms with Gasteiger partial charge in [0.05, 0.1) is 18.7 Å². The molecule has 0 amide bonds. The molecule has 0 bridgehead atoms. The van der Waals surface area contributed by atoms with Crippen LogP contribution in [0.3, 0.4) is 0 Å². The predicted octanol–water partition coefficient (Wildman–Crippen LogP) is 4.26. The van der Waals surface area contributed by atoms with Crippen LogP contribution in [-0.2, 0) is 20.9 Å². The number of carboxylic acids is 1. The van der Waals surface area contributed by atoms with Crippen LogP contribution in [0.15, 0.2) is 28.6 Å². The molecule has 27 heavy (non-hydrogen) atoms. The van der Waals surface area contributed by atoms with E-state index in [1.807, 2.05) is 31.2 Å². The number of hydrogen-bond acceptors (Lipinski definition) is 7. The number of aliphatic carboxylic acids is 1. The largest absolute Gasteiger partial charge is 0.497 e. The Balaban J connectivity index is 1.69. The molecular weight excluding hydrogens is 386 g/mol. The molecule has 0 radical (unpaired) electrons. The minimum absolute atomic E-state index is 0.234. The van der Waals surface area contributed by atoms with Gasteiger partial charge < -0.3 is 14.6 Å². The van der Waals surface area contributed by atoms with Crippen LogP contribution >= 0.6 is 23.1 Å². The fourth-order valence-electron chi connectivity index (χ4n) is 2.29. The molecule has 0 aliphatic heterocycles. The van der Waals surface area contributed by atoms with Crippen molar-refractivity contribution in [3.63, 3.8) is 0 Å². The van der Waals surface area contributed by atoms with Crippen LogP contribution in [0.5, 0.6) is 5.75 Å². The first-order chi connectivity index (χ1) is 12.9. The number of aryl methyl sites for hydroxylation is 1. The number of thioether (sulfide) groups is 1. The highest BCUT2D eigenvalue weighted by Crippen LogP contribution is 2.32. The van der Waals surface area contributed by atoms with Crippen molar-refractivity contribution in [1.82, 2.24) is 4.98 Å². The lowest BCUT2D eigenvalue weighted by Gasteiger charge is -2.06. The Labute approximate surface area is 166 Å². The van der Waals surface area contributed by atoms with Gasteiger partial charge in [0.15, 0.2) is 0 Å². The topological polar surface area (TPSA) is 85.7 Å². The molecule has 1 N–H and O–H groups in total. The second-order valence-corrected chi connectivity index (χ2v) is 8.32. The van der Waals surface area contributed by atoms with Crippen LogP contribution in [0, 0.1) is 6.92 Å². The van der Waals surface area contributed by atoms with E-state index < -0.39 is 11.9 Å². The summed E-state index contributed by atoms with van der Waals surface area (Å²) in [5.41, 5.74) is 1.67. The van der Waals surface area contributed by atoms with Crippen LogP contribution in [0.25, 0.3) is 0 Å². The number of hydrogen-bond donors (Lipinski definition) is 1. The summed E-state index contributed by atoms with van der Waals surface area (Å²) in [6, 6.07) is 7.38. The van der Waals surface area contributed by atoms with Crippen molar-refractivity contribution in [2.75, 3.05) is 12.9 Å². The van der Waals surface area contributed by atoms with Crippen LogP contribution in [-0.4, -0.2) is 34.9 Å². The van der Waals surface area contributed by atoms with E-state index >= 15 is 0 Å². The van der Waals surface area contributed by atoms with Gasteiger partial charge in [-0.3, -0.25) is 9.59 Å². The standard InChI is InChI=1S/C19H23NO5S2/c1-12(18(22)23)17-13(2)20-19(27-17)26-10-4-5-16(21)25-11-14-6-8-15(24-3)9-7-14/h6-9,12H,4-5,10-11H2,1-3H3,(H,22,23). The Bertz CT molecular complexity index is 773. The van der Waals surface area contributed by atoms with E-state index in [1.54, 1.807) is 14.0 Å². The molecule has 2 rings (SSSR count). The Hall–Kier alpha value is -2.06. The van der Waals surface area contributed by atoms with Crippen molar-refractivity contribution in [3.8, 4) is 5.75 Å². The average molecular weight is 410 g/mol. The van der Waals surface area contributed by atoms with E-state index in [-0.39, 0.29) is 12.6 Å². The summed E-state index contributed by atoms with van der Waals surface area (Å²) < 4.78 is 11.2. The van der Waals surface area contributed by atoms with Gasteiger partial charge in [0.2, 0.25) is 0 Å². The second kappa shape index (κ2) is 10.3. The van der Waals surface area contributed by atoms with Crippen LogP contribution < -0.4 is 4.74 Å². The summed E-state index contributed by atoms with van der Waals surface area (Å²) in [7, 11) is 1.60. The predicted molar refractivity (Wildman–Crippen MR) is 106 cm³/mol. The summed E-state index contributed by atoms with van der Waals surface area (Å²) >= 11 is 2.95. The molecule has 146 valence electrons. The smallest absolute Gasteiger partial charge is 0.311 e. The first kappa shape index (κ1) is 21.2. The number of ether oxygens (including phenoxy) is 2. The summed E-state index contributed by atoms with van der Waals surface area (Å²) in [6.07, 6.45) is 1.01. The first-order valence-electron chi connectivity index (χ1n) is 8.52. The molecule has 1 atom stereocenters. The van der Waals surface area contributed by atoms with E-state index in [4.69, 9.17) is 14.6 Å². The highest BCUT2D eigenvalue weighted by Gasteiger charge is 2.20. The Morgan fingerprint density at radius 1 is 1.30 bits per heavy atom. The molecule has 1 heterocycles. The van der Waals surface area contributed by atoms with Gasteiger partial charge in [0.1, 0.15) is 16.7 Å². The zero-order valence-corrected chi connectivity index (χ0v) is 17.2. The zero-order chi connectivity index (χ0) is 19.8. The fourth-order valence-corrected chi connectivity index (χ4v) is 4.55. The number of nitrogens with zero attached hydrogens (tertiary/aromatic N) is 1. The average Bonchev–Trinajstić information content (AvgIpc) is 3.03. The number of thiazole rings is 1. The van der Waals surface area contributed by atoms with Gasteiger partial charge in [-0.05, 0) is 38.0 Å². The third-order valence-corrected chi connectivity index (χ3v) is 6.46. The van der Waals surface area contributed by atoms with E-state index in [2.05, 4.69) is 4.98 Å². The normalized spacial score (nSPS) is 11.8. The first-order valence-corrected chi connectivity index (χ1v) is 10.3. The fraction of sp³-hybridized carbons (Fsp3) is 0.421. The number of rotatable bonds is 10. The van der Waals surface area contributed by atoms with Crippen molar-refractivity contribution in [1.29, 1.82) is 0 Å². The van der Waals surface area contributed by atoms with Gasteiger partial charge in [-0.1, -0.05) is 23.9 Å². The van der Waals surface area contributed by atoms with Crippen molar-refractivity contribution in [2.24, 2.45) is 0 Å². The van der Waals surface area contributed by atoms with E-state index in [9.17, 15) is 9.59 Å². The molecular formula is C19H23NO5S2. The Kier molecular flexibility index (Phi) is 8.12. The number of methoxy groups -OCH3 is 1. The zero-order valence-electron chi connectivity index (χ0n) is 15.6. The molecule has 0 fully saturated rings. The number of esters is 1. The third kappa shape index (κ3) is 6.55. The molecule has 1 aromatic carbocycles. The molecule has 0 spiro atoms. The number of aromatic nitrogens is 1. The molecule has 1 aromatic heterocycles. The molecule has 6 nitrogen and oxygen atoms in total. The van der Waals surface area contributed by atoms with Crippen molar-refractivity contribution < 1.29 is 24.2 Å². The summed E-state index contributed by atoms with van der Waals surface area (Å²) in [4.78, 5) is 28.1. The van der Waals surface area contributed by atoms with E-state index in [0.29, 0.717) is 12.8 Å². The maximum Gasteiger partial charge on any atom is 0.311 e. The van der Waals surface area contributed by atoms with Gasteiger partial charge in [-0.15, -0.1) is 11.3 Å². The lowest BCUT2D eigenvalue weighted by atomic mass is 10.1. The molecule has 8 heteroatoms. The van der Waals surface area contributed by atoms with Gasteiger partial charge >= 0.3 is 11.9 Å². The molecule has 2 aromatic rings. The number of benzene rings is 1. The van der Waals surface area contributed by atoms with Gasteiger partial charge in [0, 0.05) is 17.1 Å². The number of carboxylic acid groups (broad SMARTS) is 1. The molecule has 0 saturated heterocycles. The van der Waals surface area contributed by atoms with Gasteiger partial charge in [-0.2, -0.15) is 0 Å². The van der Waals surface area contributed by atoms with Crippen LogP contribution in [0.4, 0.5) is 0 Å². The molecule has 0 aliphatic rings. The number of carbonyl (C=O) groups is 2. The third-order valence-electron chi connectivity index (χ3n) is 3.89. The van der Waals surface area contributed by atoms with Crippen LogP contribution in [0.2, 0.25) is 0 Å². The highest BCUT2D eigenvalue weighted by atomic mass is 32.2. The van der Waals surface area contributed by atoms with Gasteiger partial charge in [0.25, 0.3) is 0 Å². The SMILES string of the molecule is COc1ccc(COC(=O)CCCSc2nc(C)c(C(C)C(=O)O)s2)cc1. The second-order valence-electron chi connectivity index (χ2n) is 5.95. The Morgan fingerprint density at radius 3 is 2.63 bits per heavy atom. The minimum atomic E-state index is -0.849. The minimum Gasteiger partial charge on any atom is -0.497 e. The lowest BCUT2D eigenvalue weighted by Crippen LogP contribution is -2.06. The summed E-state index contributed by atoms with van der Waals surface area (Å²) in [5, 5.41) is 9.12. The summed E-state index contributed by atoms with van der Waals surface area (Å²) in [5.74, 6) is -0.143. The number of carbonyl (C=O) groups excluding carboxylic acids is 1. The molecule has 0 saturated carbocycles. The van der Waals surface area contributed by atoms with Crippen molar-refractivity contribution in [3.05, 3.63) is 40.4 Å². The summed E-state index contributed by atoms with van der Waals surface area (Å²) in [6.45, 7) is 3.74. The van der Waals surface area contributed by atoms with Crippen LogP contribution in [0.1, 0.15) is 41.8 Å². The van der Waals surface area contributed by atoms with E-state index in [1.165, 1.54) is 23.1 Å². The lowest BCUT2D eigenvalue weighted by molar-refractivity contribution is -0.145. The van der Waals surface area contributed by atoms with Gasteiger partial charge in [-0.25, -0.2) is 4.98 Å². The van der Waals surface area contributed by atoms with Crippen molar-refractivity contribution in [2.45, 2.75) is 43.6 Å².